The van der Waals surface area contributed by atoms with Crippen molar-refractivity contribution in [3.8, 4) is 0 Å². The number of benzene rings is 1. The zero-order valence-electron chi connectivity index (χ0n) is 17.0. The first-order valence-corrected chi connectivity index (χ1v) is 12.8. The van der Waals surface area contributed by atoms with E-state index < -0.39 is 0 Å². The van der Waals surface area contributed by atoms with E-state index in [0.29, 0.717) is 0 Å². The fourth-order valence-electron chi connectivity index (χ4n) is 2.47. The van der Waals surface area contributed by atoms with Gasteiger partial charge in [0.2, 0.25) is 0 Å². The zero-order valence-corrected chi connectivity index (χ0v) is 22.3. The standard InChI is InChI=1S/C18H32N4.2ClH.Pd.Pt/c1-19(2)11-15-9-17(13-21(5)6)18(14-22(7)8)10-16(15)12-20(3)4;;;;/h11-14H2,1-8H3;2*1H;;/q-2;;;2*+2/p-2. The summed E-state index contributed by atoms with van der Waals surface area (Å²) in [5, 5.41) is 0. The van der Waals surface area contributed by atoms with E-state index in [4.69, 9.17) is 0 Å². The average Bonchev–Trinajstić information content (AvgIpc) is 2.53. The third kappa shape index (κ3) is 13.2. The summed E-state index contributed by atoms with van der Waals surface area (Å²) in [7, 11) is 25.9. The normalized spacial score (nSPS) is 10.8. The molecule has 0 heterocycles. The Morgan fingerprint density at radius 1 is 0.577 bits per heavy atom. The van der Waals surface area contributed by atoms with Crippen LogP contribution in [0, 0.1) is 12.1 Å². The molecule has 0 spiro atoms. The minimum absolute atomic E-state index is 0.905. The van der Waals surface area contributed by atoms with Crippen LogP contribution in [0.5, 0.6) is 0 Å². The summed E-state index contributed by atoms with van der Waals surface area (Å²) in [5.74, 6) is 0. The molecule has 0 saturated heterocycles. The van der Waals surface area contributed by atoms with Crippen molar-refractivity contribution < 1.29 is 37.0 Å². The van der Waals surface area contributed by atoms with Gasteiger partial charge in [-0.05, 0) is 82.6 Å². The Morgan fingerprint density at radius 2 is 0.731 bits per heavy atom. The van der Waals surface area contributed by atoms with Gasteiger partial charge in [0.05, 0.1) is 0 Å². The molecular weight excluding hydrogens is 645 g/mol. The van der Waals surface area contributed by atoms with Crippen LogP contribution in [-0.2, 0) is 63.1 Å². The van der Waals surface area contributed by atoms with E-state index >= 15 is 0 Å². The molecule has 8 heteroatoms. The molecule has 0 bridgehead atoms. The first kappa shape index (κ1) is 29.2. The molecule has 0 aromatic heterocycles. The van der Waals surface area contributed by atoms with Crippen molar-refractivity contribution in [2.75, 3.05) is 56.4 Å². The number of nitrogens with zero attached hydrogens (tertiary/aromatic N) is 4. The number of rotatable bonds is 8. The molecule has 1 rings (SSSR count). The molecule has 26 heavy (non-hydrogen) atoms. The maximum atomic E-state index is 4.61. The Morgan fingerprint density at radius 3 is 0.846 bits per heavy atom. The van der Waals surface area contributed by atoms with Gasteiger partial charge in [0.1, 0.15) is 0 Å². The summed E-state index contributed by atoms with van der Waals surface area (Å²) in [6.07, 6.45) is 0. The van der Waals surface area contributed by atoms with Crippen LogP contribution in [0.3, 0.4) is 0 Å². The van der Waals surface area contributed by atoms with Gasteiger partial charge >= 0.3 is 55.9 Å². The van der Waals surface area contributed by atoms with E-state index in [1.807, 2.05) is 0 Å². The van der Waals surface area contributed by atoms with Crippen LogP contribution in [0.2, 0.25) is 0 Å². The van der Waals surface area contributed by atoms with E-state index in [2.05, 4.69) is 125 Å². The van der Waals surface area contributed by atoms with E-state index in [9.17, 15) is 0 Å². The zero-order chi connectivity index (χ0) is 20.9. The van der Waals surface area contributed by atoms with Crippen LogP contribution in [-0.4, -0.2) is 76.0 Å². The van der Waals surface area contributed by atoms with Crippen LogP contribution in [0.1, 0.15) is 22.3 Å². The molecule has 1 aromatic carbocycles. The van der Waals surface area contributed by atoms with Gasteiger partial charge in [-0.3, -0.25) is 22.3 Å². The molecule has 0 amide bonds. The number of hydrogen-bond donors (Lipinski definition) is 0. The van der Waals surface area contributed by atoms with Crippen molar-refractivity contribution in [2.24, 2.45) is 0 Å². The molecule has 0 radical (unpaired) electrons. The van der Waals surface area contributed by atoms with Gasteiger partial charge in [0.15, 0.2) is 0 Å². The van der Waals surface area contributed by atoms with E-state index in [1.54, 1.807) is 18.8 Å². The molecule has 1 aromatic rings. The van der Waals surface area contributed by atoms with Crippen LogP contribution in [0.15, 0.2) is 0 Å². The van der Waals surface area contributed by atoms with Gasteiger partial charge in [0.25, 0.3) is 0 Å². The molecule has 0 atom stereocenters. The Hall–Kier alpha value is 0.991. The van der Waals surface area contributed by atoms with Crippen molar-refractivity contribution in [1.82, 2.24) is 19.6 Å². The Balaban J connectivity index is 0. The topological polar surface area (TPSA) is 13.0 Å². The van der Waals surface area contributed by atoms with Crippen LogP contribution < -0.4 is 0 Å². The van der Waals surface area contributed by atoms with Crippen LogP contribution in [0.4, 0.5) is 0 Å². The minimum atomic E-state index is 0.905. The summed E-state index contributed by atoms with van der Waals surface area (Å²) in [5.41, 5.74) is 5.05. The van der Waals surface area contributed by atoms with Crippen molar-refractivity contribution in [3.63, 3.8) is 0 Å². The second kappa shape index (κ2) is 16.9. The third-order valence-corrected chi connectivity index (χ3v) is 3.23. The van der Waals surface area contributed by atoms with Gasteiger partial charge in [-0.2, -0.15) is 0 Å². The van der Waals surface area contributed by atoms with Crippen molar-refractivity contribution in [2.45, 2.75) is 26.2 Å². The first-order valence-electron chi connectivity index (χ1n) is 8.00. The molecule has 158 valence electrons. The van der Waals surface area contributed by atoms with Crippen molar-refractivity contribution >= 4 is 18.9 Å². The van der Waals surface area contributed by atoms with Gasteiger partial charge in [-0.25, -0.2) is 0 Å². The summed E-state index contributed by atoms with van der Waals surface area (Å²) in [6, 6.07) is 7.37. The summed E-state index contributed by atoms with van der Waals surface area (Å²) in [4.78, 5) is 8.79. The Kier molecular flexibility index (Phi) is 19.0. The monoisotopic (exact) mass is 675 g/mol. The second-order valence-electron chi connectivity index (χ2n) is 7.12. The molecule has 0 unspecified atom stereocenters. The van der Waals surface area contributed by atoms with Crippen molar-refractivity contribution in [3.05, 3.63) is 34.4 Å². The number of hydrogen-bond acceptors (Lipinski definition) is 4. The quantitative estimate of drug-likeness (QED) is 0.311. The molecule has 0 aliphatic carbocycles. The molecule has 0 N–H and O–H groups in total. The second-order valence-corrected chi connectivity index (χ2v) is 7.12. The molecule has 0 fully saturated rings. The first-order chi connectivity index (χ1) is 12.2. The van der Waals surface area contributed by atoms with Crippen molar-refractivity contribution in [1.29, 1.82) is 0 Å². The summed E-state index contributed by atoms with van der Waals surface area (Å²) >= 11 is 3.83. The Labute approximate surface area is 191 Å². The SMILES string of the molecule is CN(C)Cc1[c-]c(CN(C)C)c(CN(C)C)[c-]c1CN(C)C.[Cl][Pd+].[Cl][Pt+]. The fourth-order valence-corrected chi connectivity index (χ4v) is 2.47. The predicted molar refractivity (Wildman–Crippen MR) is 105 cm³/mol. The molecular formula is C18H32Cl2N4PdPt. The molecule has 0 aliphatic heterocycles. The third-order valence-electron chi connectivity index (χ3n) is 3.23. The molecule has 4 nitrogen and oxygen atoms in total. The average molecular weight is 677 g/mol. The Bertz CT molecular complexity index is 404. The van der Waals surface area contributed by atoms with Gasteiger partial charge in [0, 0.05) is 0 Å². The predicted octanol–water partition coefficient (Wildman–Crippen LogP) is 2.91. The summed E-state index contributed by atoms with van der Waals surface area (Å²) < 4.78 is 0. The van der Waals surface area contributed by atoms with Gasteiger partial charge in [-0.15, -0.1) is 0 Å². The fraction of sp³-hybridized carbons (Fsp3) is 0.667. The van der Waals surface area contributed by atoms with Crippen LogP contribution in [0.25, 0.3) is 0 Å². The summed E-state index contributed by atoms with van der Waals surface area (Å²) in [6.45, 7) is 3.62. The van der Waals surface area contributed by atoms with E-state index in [-0.39, 0.29) is 0 Å². The van der Waals surface area contributed by atoms with Gasteiger partial charge < -0.3 is 31.7 Å². The molecule has 0 aliphatic rings. The van der Waals surface area contributed by atoms with Gasteiger partial charge in [-0.1, -0.05) is 0 Å². The maximum absolute atomic E-state index is 4.61. The van der Waals surface area contributed by atoms with E-state index in [1.165, 1.54) is 22.3 Å². The number of halogens is 2. The molecule has 0 saturated carbocycles. The van der Waals surface area contributed by atoms with E-state index in [0.717, 1.165) is 26.2 Å². The van der Waals surface area contributed by atoms with Crippen LogP contribution >= 0.6 is 18.9 Å².